The van der Waals surface area contributed by atoms with Crippen molar-refractivity contribution in [3.63, 3.8) is 0 Å². The fraction of sp³-hybridized carbons (Fsp3) is 0.421. The predicted octanol–water partition coefficient (Wildman–Crippen LogP) is 2.95. The van der Waals surface area contributed by atoms with Gasteiger partial charge in [0.05, 0.1) is 6.61 Å². The summed E-state index contributed by atoms with van der Waals surface area (Å²) in [6.45, 7) is 6.97. The first-order chi connectivity index (χ1) is 11.8. The Bertz CT molecular complexity index is 849. The van der Waals surface area contributed by atoms with Gasteiger partial charge in [-0.25, -0.2) is 4.79 Å². The number of aryl methyl sites for hydroxylation is 1. The van der Waals surface area contributed by atoms with Crippen molar-refractivity contribution in [3.05, 3.63) is 39.7 Å². The first-order valence-corrected chi connectivity index (χ1v) is 8.22. The Labute approximate surface area is 145 Å². The lowest BCUT2D eigenvalue weighted by Crippen LogP contribution is -2.20. The summed E-state index contributed by atoms with van der Waals surface area (Å²) < 4.78 is 15.8. The van der Waals surface area contributed by atoms with Gasteiger partial charge in [-0.3, -0.25) is 9.59 Å². The fourth-order valence-electron chi connectivity index (χ4n) is 2.48. The minimum absolute atomic E-state index is 0.0907. The molecule has 25 heavy (non-hydrogen) atoms. The molecule has 1 aromatic carbocycles. The third kappa shape index (κ3) is 4.47. The summed E-state index contributed by atoms with van der Waals surface area (Å²) in [6.07, 6.45) is -0.181. The number of ketones is 1. The van der Waals surface area contributed by atoms with Crippen LogP contribution in [0.5, 0.6) is 5.75 Å². The van der Waals surface area contributed by atoms with E-state index in [9.17, 15) is 14.4 Å². The molecule has 2 aromatic rings. The quantitative estimate of drug-likeness (QED) is 0.566. The third-order valence-corrected chi connectivity index (χ3v) is 4.03. The van der Waals surface area contributed by atoms with Crippen LogP contribution in [0, 0.1) is 6.92 Å². The molecule has 0 saturated carbocycles. The van der Waals surface area contributed by atoms with Crippen molar-refractivity contribution >= 4 is 22.7 Å². The second-order valence-corrected chi connectivity index (χ2v) is 5.83. The molecular weight excluding hydrogens is 324 g/mol. The van der Waals surface area contributed by atoms with E-state index >= 15 is 0 Å². The monoisotopic (exact) mass is 346 g/mol. The van der Waals surface area contributed by atoms with Gasteiger partial charge in [-0.05, 0) is 51.8 Å². The average molecular weight is 346 g/mol. The number of carbonyl (C=O) groups is 2. The largest absolute Gasteiger partial charge is 0.483 e. The molecule has 2 rings (SSSR count). The molecule has 0 aliphatic heterocycles. The molecular formula is C19H22O6. The van der Waals surface area contributed by atoms with Gasteiger partial charge in [0.15, 0.2) is 11.9 Å². The molecule has 6 nitrogen and oxygen atoms in total. The van der Waals surface area contributed by atoms with Crippen LogP contribution >= 0.6 is 0 Å². The molecule has 0 spiro atoms. The molecule has 134 valence electrons. The van der Waals surface area contributed by atoms with Gasteiger partial charge in [0, 0.05) is 23.4 Å². The number of fused-ring (bicyclic) bond motifs is 1. The standard InChI is InChI=1S/C19H22O6/c1-5-23-18(21)9-8-16-11(2)15-7-6-14(24-13(4)12(3)20)10-17(15)25-19(16)22/h6-7,10,13H,5,8-9H2,1-4H3/t13-/m0/s1. The molecule has 0 fully saturated rings. The van der Waals surface area contributed by atoms with E-state index in [4.69, 9.17) is 13.9 Å². The molecule has 0 bridgehead atoms. The average Bonchev–Trinajstić information content (AvgIpc) is 2.54. The second-order valence-electron chi connectivity index (χ2n) is 5.83. The Balaban J connectivity index is 2.31. The van der Waals surface area contributed by atoms with Crippen LogP contribution in [0.15, 0.2) is 27.4 Å². The summed E-state index contributed by atoms with van der Waals surface area (Å²) in [5.74, 6) is 0.0208. The lowest BCUT2D eigenvalue weighted by atomic mass is 10.0. The zero-order valence-electron chi connectivity index (χ0n) is 14.9. The van der Waals surface area contributed by atoms with Crippen molar-refractivity contribution in [3.8, 4) is 5.75 Å². The molecule has 0 unspecified atom stereocenters. The van der Waals surface area contributed by atoms with E-state index in [1.165, 1.54) is 6.92 Å². The number of rotatable bonds is 7. The smallest absolute Gasteiger partial charge is 0.339 e. The topological polar surface area (TPSA) is 82.8 Å². The van der Waals surface area contributed by atoms with Gasteiger partial charge in [-0.1, -0.05) is 0 Å². The number of esters is 1. The van der Waals surface area contributed by atoms with Crippen LogP contribution in [0.2, 0.25) is 0 Å². The molecule has 1 atom stereocenters. The van der Waals surface area contributed by atoms with Crippen LogP contribution in [0.25, 0.3) is 11.0 Å². The van der Waals surface area contributed by atoms with E-state index in [2.05, 4.69) is 0 Å². The van der Waals surface area contributed by atoms with Crippen molar-refractivity contribution < 1.29 is 23.5 Å². The van der Waals surface area contributed by atoms with Gasteiger partial charge in [0.2, 0.25) is 0 Å². The lowest BCUT2D eigenvalue weighted by Gasteiger charge is -2.13. The zero-order chi connectivity index (χ0) is 18.6. The van der Waals surface area contributed by atoms with Gasteiger partial charge < -0.3 is 13.9 Å². The van der Waals surface area contributed by atoms with Gasteiger partial charge in [-0.15, -0.1) is 0 Å². The van der Waals surface area contributed by atoms with Crippen LogP contribution in [-0.4, -0.2) is 24.5 Å². The van der Waals surface area contributed by atoms with Crippen LogP contribution < -0.4 is 10.4 Å². The normalized spacial score (nSPS) is 12.0. The van der Waals surface area contributed by atoms with Crippen molar-refractivity contribution in [2.24, 2.45) is 0 Å². The molecule has 0 amide bonds. The fourth-order valence-corrected chi connectivity index (χ4v) is 2.48. The highest BCUT2D eigenvalue weighted by Gasteiger charge is 2.15. The van der Waals surface area contributed by atoms with E-state index in [0.29, 0.717) is 23.5 Å². The highest BCUT2D eigenvalue weighted by atomic mass is 16.5. The van der Waals surface area contributed by atoms with Crippen molar-refractivity contribution in [1.82, 2.24) is 0 Å². The lowest BCUT2D eigenvalue weighted by molar-refractivity contribution is -0.143. The molecule has 1 heterocycles. The predicted molar refractivity (Wildman–Crippen MR) is 92.9 cm³/mol. The third-order valence-electron chi connectivity index (χ3n) is 4.03. The van der Waals surface area contributed by atoms with E-state index < -0.39 is 11.7 Å². The van der Waals surface area contributed by atoms with Gasteiger partial charge in [0.1, 0.15) is 11.3 Å². The SMILES string of the molecule is CCOC(=O)CCc1c(C)c2ccc(O[C@@H](C)C(C)=O)cc2oc1=O. The van der Waals surface area contributed by atoms with E-state index in [1.807, 2.05) is 6.92 Å². The maximum Gasteiger partial charge on any atom is 0.339 e. The molecule has 0 aliphatic rings. The Hall–Kier alpha value is -2.63. The second kappa shape index (κ2) is 7.96. The maximum absolute atomic E-state index is 12.3. The Morgan fingerprint density at radius 1 is 1.28 bits per heavy atom. The minimum atomic E-state index is -0.575. The number of carbonyl (C=O) groups excluding carboxylic acids is 2. The molecule has 1 aromatic heterocycles. The van der Waals surface area contributed by atoms with E-state index in [-0.39, 0.29) is 24.6 Å². The number of benzene rings is 1. The highest BCUT2D eigenvalue weighted by molar-refractivity contribution is 5.83. The zero-order valence-corrected chi connectivity index (χ0v) is 14.9. The molecule has 6 heteroatoms. The first-order valence-electron chi connectivity index (χ1n) is 8.22. The van der Waals surface area contributed by atoms with Gasteiger partial charge in [0.25, 0.3) is 0 Å². The number of Topliss-reactive ketones (excluding diaryl/α,β-unsaturated/α-hetero) is 1. The molecule has 0 aliphatic carbocycles. The van der Waals surface area contributed by atoms with Crippen molar-refractivity contribution in [2.75, 3.05) is 6.61 Å². The maximum atomic E-state index is 12.3. The molecule has 0 radical (unpaired) electrons. The number of hydrogen-bond acceptors (Lipinski definition) is 6. The summed E-state index contributed by atoms with van der Waals surface area (Å²) >= 11 is 0. The Kier molecular flexibility index (Phi) is 5.96. The van der Waals surface area contributed by atoms with E-state index in [0.717, 1.165) is 10.9 Å². The van der Waals surface area contributed by atoms with Crippen LogP contribution in [0.4, 0.5) is 0 Å². The summed E-state index contributed by atoms with van der Waals surface area (Å²) in [4.78, 5) is 35.1. The van der Waals surface area contributed by atoms with Crippen molar-refractivity contribution in [1.29, 1.82) is 0 Å². The van der Waals surface area contributed by atoms with Crippen LogP contribution in [0.3, 0.4) is 0 Å². The summed E-state index contributed by atoms with van der Waals surface area (Å²) in [7, 11) is 0. The molecule has 0 N–H and O–H groups in total. The molecule has 0 saturated heterocycles. The first kappa shape index (κ1) is 18.7. The van der Waals surface area contributed by atoms with Crippen LogP contribution in [-0.2, 0) is 20.7 Å². The van der Waals surface area contributed by atoms with Crippen LogP contribution in [0.1, 0.15) is 38.3 Å². The number of ether oxygens (including phenoxy) is 2. The Morgan fingerprint density at radius 3 is 2.64 bits per heavy atom. The Morgan fingerprint density at radius 2 is 2.00 bits per heavy atom. The highest BCUT2D eigenvalue weighted by Crippen LogP contribution is 2.25. The summed E-state index contributed by atoms with van der Waals surface area (Å²) in [5.41, 5.74) is 1.13. The van der Waals surface area contributed by atoms with Gasteiger partial charge in [-0.2, -0.15) is 0 Å². The summed E-state index contributed by atoms with van der Waals surface area (Å²) in [6, 6.07) is 5.10. The minimum Gasteiger partial charge on any atom is -0.483 e. The van der Waals surface area contributed by atoms with Gasteiger partial charge >= 0.3 is 11.6 Å². The number of hydrogen-bond donors (Lipinski definition) is 0. The van der Waals surface area contributed by atoms with Crippen molar-refractivity contribution in [2.45, 2.75) is 46.6 Å². The summed E-state index contributed by atoms with van der Waals surface area (Å²) in [5, 5.41) is 0.765. The van der Waals surface area contributed by atoms with E-state index in [1.54, 1.807) is 32.0 Å².